The molecule has 9 heteroatoms. The molecule has 0 spiro atoms. The molecule has 59 heavy (non-hydrogen) atoms. The van der Waals surface area contributed by atoms with E-state index in [0.29, 0.717) is 6.42 Å². The Morgan fingerprint density at radius 2 is 0.661 bits per heavy atom. The van der Waals surface area contributed by atoms with Gasteiger partial charge in [0.25, 0.3) is 0 Å². The molecule has 0 aliphatic rings. The summed E-state index contributed by atoms with van der Waals surface area (Å²) in [6.45, 7) is 3.95. The number of esters is 2. The highest BCUT2D eigenvalue weighted by atomic mass is 31.2. The first kappa shape index (κ1) is 58.0. The van der Waals surface area contributed by atoms with Crippen LogP contribution in [-0.2, 0) is 32.7 Å². The highest BCUT2D eigenvalue weighted by Crippen LogP contribution is 2.42. The maximum atomic E-state index is 12.6. The molecule has 352 valence electrons. The van der Waals surface area contributed by atoms with Crippen molar-refractivity contribution in [2.45, 2.75) is 290 Å². The van der Waals surface area contributed by atoms with Crippen LogP contribution in [0.25, 0.3) is 0 Å². The van der Waals surface area contributed by atoms with Crippen molar-refractivity contribution >= 4 is 19.8 Å². The summed E-state index contributed by atoms with van der Waals surface area (Å²) in [5.41, 5.74) is 0. The molecule has 0 aromatic heterocycles. The minimum atomic E-state index is -4.26. The van der Waals surface area contributed by atoms with Crippen molar-refractivity contribution in [1.29, 1.82) is 0 Å². The summed E-state index contributed by atoms with van der Waals surface area (Å²) < 4.78 is 32.2. The largest absolute Gasteiger partial charge is 0.472 e. The van der Waals surface area contributed by atoms with Gasteiger partial charge in [-0.1, -0.05) is 258 Å². The lowest BCUT2D eigenvalue weighted by molar-refractivity contribution is -0.161. The van der Waals surface area contributed by atoms with Gasteiger partial charge in [0.15, 0.2) is 6.10 Å². The Morgan fingerprint density at radius 3 is 0.932 bits per heavy atom. The number of carbonyl (C=O) groups excluding carboxylic acids is 2. The molecule has 0 saturated heterocycles. The summed E-state index contributed by atoms with van der Waals surface area (Å²) in [7, 11) is -3.19. The molecule has 0 rings (SSSR count). The van der Waals surface area contributed by atoms with E-state index in [1.54, 1.807) is 0 Å². The van der Waals surface area contributed by atoms with E-state index in [0.717, 1.165) is 45.6 Å². The Morgan fingerprint density at radius 1 is 0.407 bits per heavy atom. The Bertz CT molecular complexity index is 931. The molecule has 0 heterocycles. The Balaban J connectivity index is 3.84. The maximum Gasteiger partial charge on any atom is 0.472 e. The zero-order valence-corrected chi connectivity index (χ0v) is 40.3. The van der Waals surface area contributed by atoms with Crippen LogP contribution in [0.15, 0.2) is 0 Å². The highest BCUT2D eigenvalue weighted by Gasteiger charge is 2.24. The number of ether oxygens (including phenoxy) is 2. The zero-order chi connectivity index (χ0) is 43.2. The number of hydrogen-bond acceptors (Lipinski definition) is 7. The molecule has 0 aromatic rings. The lowest BCUT2D eigenvalue weighted by Gasteiger charge is -2.19. The molecular formula is C50H99O8P. The second-order valence-electron chi connectivity index (χ2n) is 17.7. The van der Waals surface area contributed by atoms with E-state index >= 15 is 0 Å². The molecule has 0 fully saturated rings. The lowest BCUT2D eigenvalue weighted by Crippen LogP contribution is -2.29. The van der Waals surface area contributed by atoms with Gasteiger partial charge in [-0.3, -0.25) is 18.6 Å². The molecular weight excluding hydrogens is 760 g/mol. The molecule has 1 N–H and O–H groups in total. The fraction of sp³-hybridized carbons (Fsp3) is 0.960. The molecule has 0 saturated carbocycles. The van der Waals surface area contributed by atoms with E-state index in [-0.39, 0.29) is 25.6 Å². The van der Waals surface area contributed by atoms with Crippen LogP contribution in [0.1, 0.15) is 284 Å². The van der Waals surface area contributed by atoms with Crippen molar-refractivity contribution in [1.82, 2.24) is 0 Å². The normalized spacial score (nSPS) is 13.1. The molecule has 0 radical (unpaired) electrons. The molecule has 0 aliphatic heterocycles. The smallest absolute Gasteiger partial charge is 0.462 e. The quantitative estimate of drug-likeness (QED) is 0.0366. The summed E-state index contributed by atoms with van der Waals surface area (Å²) in [5, 5.41) is 0. The predicted molar refractivity (Wildman–Crippen MR) is 249 cm³/mol. The van der Waals surface area contributed by atoms with Gasteiger partial charge >= 0.3 is 19.8 Å². The first-order chi connectivity index (χ1) is 28.8. The van der Waals surface area contributed by atoms with Crippen LogP contribution in [0.2, 0.25) is 0 Å². The fourth-order valence-corrected chi connectivity index (χ4v) is 8.36. The van der Waals surface area contributed by atoms with Crippen LogP contribution in [-0.4, -0.2) is 43.3 Å². The maximum absolute atomic E-state index is 12.6. The van der Waals surface area contributed by atoms with Crippen molar-refractivity contribution in [2.75, 3.05) is 20.3 Å². The van der Waals surface area contributed by atoms with Gasteiger partial charge in [-0.2, -0.15) is 0 Å². The topological polar surface area (TPSA) is 108 Å². The van der Waals surface area contributed by atoms with E-state index in [4.69, 9.17) is 14.0 Å². The predicted octanol–water partition coefficient (Wildman–Crippen LogP) is 16.6. The van der Waals surface area contributed by atoms with E-state index in [9.17, 15) is 19.0 Å². The third kappa shape index (κ3) is 46.4. The standard InChI is InChI=1S/C50H99O8P/c1-4-6-8-10-12-14-16-18-20-22-24-26-28-30-32-34-36-38-40-42-44-49(51)56-46-48(47-57-59(53,54)55-3)58-50(52)45-43-41-39-37-35-33-31-29-27-25-23-21-19-17-15-13-11-9-7-5-2/h48H,4-47H2,1-3H3,(H,53,54). The van der Waals surface area contributed by atoms with E-state index in [1.807, 2.05) is 0 Å². The third-order valence-corrected chi connectivity index (χ3v) is 12.8. The van der Waals surface area contributed by atoms with Gasteiger partial charge in [0, 0.05) is 20.0 Å². The first-order valence-electron chi connectivity index (χ1n) is 25.7. The number of rotatable bonds is 49. The Hall–Kier alpha value is -0.950. The molecule has 2 atom stereocenters. The van der Waals surface area contributed by atoms with Crippen LogP contribution in [0, 0.1) is 0 Å². The molecule has 0 bridgehead atoms. The Labute approximate surface area is 366 Å². The monoisotopic (exact) mass is 859 g/mol. The molecule has 0 aliphatic carbocycles. The second-order valence-corrected chi connectivity index (χ2v) is 19.2. The van der Waals surface area contributed by atoms with Crippen LogP contribution in [0.3, 0.4) is 0 Å². The highest BCUT2D eigenvalue weighted by molar-refractivity contribution is 7.47. The van der Waals surface area contributed by atoms with Gasteiger partial charge in [0.2, 0.25) is 0 Å². The summed E-state index contributed by atoms with van der Waals surface area (Å²) in [4.78, 5) is 34.6. The van der Waals surface area contributed by atoms with Crippen molar-refractivity contribution in [2.24, 2.45) is 0 Å². The number of phosphoric ester groups is 1. The number of hydrogen-bond donors (Lipinski definition) is 1. The van der Waals surface area contributed by atoms with Crippen molar-refractivity contribution in [3.63, 3.8) is 0 Å². The minimum absolute atomic E-state index is 0.216. The summed E-state index contributed by atoms with van der Waals surface area (Å²) in [6, 6.07) is 0. The number of unbranched alkanes of at least 4 members (excludes halogenated alkanes) is 38. The average Bonchev–Trinajstić information content (AvgIpc) is 3.23. The van der Waals surface area contributed by atoms with Crippen LogP contribution < -0.4 is 0 Å². The number of phosphoric acid groups is 1. The minimum Gasteiger partial charge on any atom is -0.462 e. The second kappa shape index (κ2) is 46.6. The van der Waals surface area contributed by atoms with E-state index < -0.39 is 19.9 Å². The van der Waals surface area contributed by atoms with Gasteiger partial charge in [0.1, 0.15) is 6.61 Å². The Kier molecular flexibility index (Phi) is 45.8. The third-order valence-electron chi connectivity index (χ3n) is 11.9. The zero-order valence-electron chi connectivity index (χ0n) is 39.4. The molecule has 0 aromatic carbocycles. The SMILES string of the molecule is CCCCCCCCCCCCCCCCCCCCCCC(=O)OCC(COP(=O)(O)OC)OC(=O)CCCCCCCCCCCCCCCCCCCCCC. The van der Waals surface area contributed by atoms with Crippen molar-refractivity contribution in [3.05, 3.63) is 0 Å². The van der Waals surface area contributed by atoms with Crippen molar-refractivity contribution < 1.29 is 37.6 Å². The molecule has 8 nitrogen and oxygen atoms in total. The number of carbonyl (C=O) groups is 2. The molecule has 2 unspecified atom stereocenters. The molecule has 0 amide bonds. The van der Waals surface area contributed by atoms with E-state index in [2.05, 4.69) is 18.4 Å². The van der Waals surface area contributed by atoms with Gasteiger partial charge in [-0.25, -0.2) is 4.57 Å². The first-order valence-corrected chi connectivity index (χ1v) is 27.2. The van der Waals surface area contributed by atoms with Crippen LogP contribution in [0.5, 0.6) is 0 Å². The van der Waals surface area contributed by atoms with Gasteiger partial charge in [0.05, 0.1) is 6.61 Å². The van der Waals surface area contributed by atoms with Gasteiger partial charge < -0.3 is 14.4 Å². The summed E-state index contributed by atoms with van der Waals surface area (Å²) in [6.07, 6.45) is 51.7. The summed E-state index contributed by atoms with van der Waals surface area (Å²) in [5.74, 6) is -0.780. The fourth-order valence-electron chi connectivity index (χ4n) is 7.90. The van der Waals surface area contributed by atoms with E-state index in [1.165, 1.54) is 218 Å². The summed E-state index contributed by atoms with van der Waals surface area (Å²) >= 11 is 0. The van der Waals surface area contributed by atoms with Gasteiger partial charge in [-0.15, -0.1) is 0 Å². The average molecular weight is 859 g/mol. The van der Waals surface area contributed by atoms with Gasteiger partial charge in [-0.05, 0) is 12.8 Å². The van der Waals surface area contributed by atoms with Crippen LogP contribution >= 0.6 is 7.82 Å². The van der Waals surface area contributed by atoms with Crippen molar-refractivity contribution in [3.8, 4) is 0 Å². The van der Waals surface area contributed by atoms with Crippen LogP contribution in [0.4, 0.5) is 0 Å². The lowest BCUT2D eigenvalue weighted by atomic mass is 10.0.